The van der Waals surface area contributed by atoms with Crippen LogP contribution in [0.2, 0.25) is 0 Å². The van der Waals surface area contributed by atoms with Gasteiger partial charge in [0.05, 0.1) is 17.9 Å². The fraction of sp³-hybridized carbons (Fsp3) is 0.462. The van der Waals surface area contributed by atoms with Crippen LogP contribution in [0.15, 0.2) is 48.5 Å². The Morgan fingerprint density at radius 2 is 1.62 bits per heavy atom. The molecule has 1 heterocycles. The number of nitrogens with one attached hydrogen (secondary N) is 2. The van der Waals surface area contributed by atoms with Crippen molar-refractivity contribution >= 4 is 29.1 Å². The van der Waals surface area contributed by atoms with Crippen molar-refractivity contribution in [1.82, 2.24) is 0 Å². The monoisotopic (exact) mass is 431 g/mol. The number of ether oxygens (including phenoxy) is 1. The molecule has 0 unspecified atom stereocenters. The van der Waals surface area contributed by atoms with E-state index in [2.05, 4.69) is 16.7 Å². The Balaban J connectivity index is 1.21. The molecule has 1 aliphatic heterocycles. The fourth-order valence-corrected chi connectivity index (χ4v) is 6.89. The van der Waals surface area contributed by atoms with Gasteiger partial charge < -0.3 is 15.4 Å². The smallest absolute Gasteiger partial charge is 0.414 e. The second kappa shape index (κ2) is 7.54. The van der Waals surface area contributed by atoms with Crippen LogP contribution in [0.1, 0.15) is 48.9 Å². The summed E-state index contributed by atoms with van der Waals surface area (Å²) in [7, 11) is 0. The van der Waals surface area contributed by atoms with E-state index in [-0.39, 0.29) is 17.5 Å². The molecule has 6 nitrogen and oxygen atoms in total. The van der Waals surface area contributed by atoms with E-state index in [1.54, 1.807) is 23.1 Å². The normalized spacial score (nSPS) is 30.3. The molecule has 0 radical (unpaired) electrons. The molecule has 1 saturated heterocycles. The molecule has 7 rings (SSSR count). The van der Waals surface area contributed by atoms with E-state index >= 15 is 0 Å². The Bertz CT molecular complexity index is 1030. The minimum absolute atomic E-state index is 0.172. The highest BCUT2D eigenvalue weighted by molar-refractivity contribution is 6.06. The number of carbonyl (C=O) groups excluding carboxylic acids is 2. The minimum Gasteiger partial charge on any atom is -0.447 e. The Hall–Kier alpha value is -3.02. The minimum atomic E-state index is -0.368. The molecule has 2 aromatic carbocycles. The van der Waals surface area contributed by atoms with Gasteiger partial charge in [-0.05, 0) is 86.6 Å². The van der Waals surface area contributed by atoms with Gasteiger partial charge in [-0.1, -0.05) is 18.2 Å². The van der Waals surface area contributed by atoms with Crippen molar-refractivity contribution in [3.05, 3.63) is 54.1 Å². The van der Waals surface area contributed by atoms with E-state index in [1.807, 2.05) is 24.3 Å². The maximum absolute atomic E-state index is 13.1. The van der Waals surface area contributed by atoms with E-state index in [9.17, 15) is 9.59 Å². The number of hydrogen-bond acceptors (Lipinski definition) is 4. The van der Waals surface area contributed by atoms with Crippen molar-refractivity contribution in [3.8, 4) is 0 Å². The van der Waals surface area contributed by atoms with Gasteiger partial charge in [-0.15, -0.1) is 0 Å². The van der Waals surface area contributed by atoms with E-state index < -0.39 is 0 Å². The molecule has 166 valence electrons. The first kappa shape index (κ1) is 19.6. The topological polar surface area (TPSA) is 70.7 Å². The number of amides is 2. The fourth-order valence-electron chi connectivity index (χ4n) is 6.89. The first-order valence-corrected chi connectivity index (χ1v) is 11.8. The van der Waals surface area contributed by atoms with E-state index in [0.717, 1.165) is 29.1 Å². The molecular formula is C26H29N3O3. The predicted molar refractivity (Wildman–Crippen MR) is 124 cm³/mol. The third-order valence-corrected chi connectivity index (χ3v) is 7.79. The quantitative estimate of drug-likeness (QED) is 0.676. The Morgan fingerprint density at radius 3 is 2.28 bits per heavy atom. The summed E-state index contributed by atoms with van der Waals surface area (Å²) in [5.74, 6) is 2.39. The van der Waals surface area contributed by atoms with E-state index in [0.29, 0.717) is 24.4 Å². The lowest BCUT2D eigenvalue weighted by atomic mass is 9.53. The van der Waals surface area contributed by atoms with Gasteiger partial charge in [-0.25, -0.2) is 4.79 Å². The lowest BCUT2D eigenvalue weighted by Gasteiger charge is -2.57. The van der Waals surface area contributed by atoms with Gasteiger partial charge in [0.1, 0.15) is 6.61 Å². The lowest BCUT2D eigenvalue weighted by molar-refractivity contribution is 0.0107. The molecule has 2 N–H and O–H groups in total. The molecule has 6 heteroatoms. The number of anilines is 3. The van der Waals surface area contributed by atoms with Gasteiger partial charge in [-0.2, -0.15) is 0 Å². The maximum Gasteiger partial charge on any atom is 0.414 e. The van der Waals surface area contributed by atoms with Crippen LogP contribution in [-0.2, 0) is 4.74 Å². The number of cyclic esters (lactones) is 1. The third-order valence-electron chi connectivity index (χ3n) is 7.79. The van der Waals surface area contributed by atoms with Crippen molar-refractivity contribution in [2.24, 2.45) is 17.8 Å². The summed E-state index contributed by atoms with van der Waals surface area (Å²) in [4.78, 5) is 26.5. The summed E-state index contributed by atoms with van der Waals surface area (Å²) in [6.45, 7) is 0.875. The zero-order valence-electron chi connectivity index (χ0n) is 18.2. The number of carbonyl (C=O) groups is 2. The molecular weight excluding hydrogens is 402 g/mol. The Morgan fingerprint density at radius 1 is 0.938 bits per heavy atom. The van der Waals surface area contributed by atoms with Gasteiger partial charge in [0.25, 0.3) is 5.91 Å². The second-order valence-electron chi connectivity index (χ2n) is 10.1. The first-order chi connectivity index (χ1) is 15.6. The van der Waals surface area contributed by atoms with Crippen LogP contribution in [-0.4, -0.2) is 30.7 Å². The molecule has 0 atom stereocenters. The number of benzene rings is 2. The standard InChI is InChI=1S/C26H29N3O3/c30-24(20-4-3-5-21(13-20)29-8-9-32-25(29)31)27-22-6-1-2-7-23(22)28-26-14-17-10-18(15-26)12-19(11-17)16-26/h1-7,13,17-19,28H,8-12,14-16H2,(H,27,30). The third kappa shape index (κ3) is 3.51. The summed E-state index contributed by atoms with van der Waals surface area (Å²) in [5.41, 5.74) is 3.18. The number of nitrogens with zero attached hydrogens (tertiary/aromatic N) is 1. The van der Waals surface area contributed by atoms with Gasteiger partial charge in [-0.3, -0.25) is 9.69 Å². The molecule has 2 aromatic rings. The molecule has 32 heavy (non-hydrogen) atoms. The Labute approximate surface area is 188 Å². The maximum atomic E-state index is 13.1. The first-order valence-electron chi connectivity index (χ1n) is 11.8. The highest BCUT2D eigenvalue weighted by Crippen LogP contribution is 2.56. The van der Waals surface area contributed by atoms with Crippen LogP contribution in [0, 0.1) is 17.8 Å². The molecule has 5 fully saturated rings. The largest absolute Gasteiger partial charge is 0.447 e. The zero-order chi connectivity index (χ0) is 21.7. The average molecular weight is 432 g/mol. The van der Waals surface area contributed by atoms with Crippen molar-refractivity contribution in [3.63, 3.8) is 0 Å². The molecule has 4 saturated carbocycles. The second-order valence-corrected chi connectivity index (χ2v) is 10.1. The van der Waals surface area contributed by atoms with E-state index in [4.69, 9.17) is 4.74 Å². The van der Waals surface area contributed by atoms with Gasteiger partial charge in [0.15, 0.2) is 0 Å². The lowest BCUT2D eigenvalue weighted by Crippen LogP contribution is -2.54. The van der Waals surface area contributed by atoms with E-state index in [1.165, 1.54) is 38.5 Å². The molecule has 2 amide bonds. The highest BCUT2D eigenvalue weighted by Gasteiger charge is 2.51. The van der Waals surface area contributed by atoms with Crippen LogP contribution in [0.3, 0.4) is 0 Å². The molecule has 5 aliphatic rings. The summed E-state index contributed by atoms with van der Waals surface area (Å²) in [5, 5.41) is 6.99. The van der Waals surface area contributed by atoms with Crippen LogP contribution in [0.4, 0.5) is 21.9 Å². The summed E-state index contributed by atoms with van der Waals surface area (Å²) >= 11 is 0. The average Bonchev–Trinajstić information content (AvgIpc) is 3.20. The van der Waals surface area contributed by atoms with Gasteiger partial charge in [0.2, 0.25) is 0 Å². The summed E-state index contributed by atoms with van der Waals surface area (Å²) < 4.78 is 5.02. The van der Waals surface area contributed by atoms with Crippen molar-refractivity contribution in [2.75, 3.05) is 28.7 Å². The summed E-state index contributed by atoms with van der Waals surface area (Å²) in [6.07, 6.45) is 7.58. The number of hydrogen-bond donors (Lipinski definition) is 2. The van der Waals surface area contributed by atoms with Crippen LogP contribution in [0.5, 0.6) is 0 Å². The predicted octanol–water partition coefficient (Wildman–Crippen LogP) is 5.28. The van der Waals surface area contributed by atoms with Crippen LogP contribution in [0.25, 0.3) is 0 Å². The Kier molecular flexibility index (Phi) is 4.63. The zero-order valence-corrected chi connectivity index (χ0v) is 18.2. The van der Waals surface area contributed by atoms with Crippen molar-refractivity contribution in [2.45, 2.75) is 44.1 Å². The SMILES string of the molecule is O=C(Nc1ccccc1NC12CC3CC(CC(C3)C1)C2)c1cccc(N2CCOC2=O)c1. The molecule has 4 bridgehead atoms. The van der Waals surface area contributed by atoms with Crippen molar-refractivity contribution < 1.29 is 14.3 Å². The van der Waals surface area contributed by atoms with Crippen molar-refractivity contribution in [1.29, 1.82) is 0 Å². The molecule has 4 aliphatic carbocycles. The van der Waals surface area contributed by atoms with Gasteiger partial charge in [0, 0.05) is 16.8 Å². The highest BCUT2D eigenvalue weighted by atomic mass is 16.6. The van der Waals surface area contributed by atoms with Gasteiger partial charge >= 0.3 is 6.09 Å². The number of rotatable bonds is 5. The molecule has 0 aromatic heterocycles. The number of para-hydroxylation sites is 2. The molecule has 0 spiro atoms. The van der Waals surface area contributed by atoms with Crippen LogP contribution < -0.4 is 15.5 Å². The van der Waals surface area contributed by atoms with Crippen LogP contribution >= 0.6 is 0 Å². The summed E-state index contributed by atoms with van der Waals surface area (Å²) in [6, 6.07) is 15.2.